The minimum absolute atomic E-state index is 0.376. The molecule has 5 nitrogen and oxygen atoms in total. The number of hydrogen-bond acceptors (Lipinski definition) is 3. The van der Waals surface area contributed by atoms with Crippen molar-refractivity contribution in [3.63, 3.8) is 0 Å². The van der Waals surface area contributed by atoms with E-state index in [9.17, 15) is 14.7 Å². The van der Waals surface area contributed by atoms with Crippen LogP contribution in [-0.2, 0) is 9.53 Å². The summed E-state index contributed by atoms with van der Waals surface area (Å²) in [5.74, 6) is -0.672. The first kappa shape index (κ1) is 18.5. The van der Waals surface area contributed by atoms with Crippen LogP contribution in [0.5, 0.6) is 0 Å². The number of unbranched alkanes of at least 4 members (excludes halogenated alkanes) is 1. The molecule has 1 rings (SSSR count). The van der Waals surface area contributed by atoms with E-state index in [2.05, 4.69) is 11.9 Å². The molecule has 3 unspecified atom stereocenters. The molecule has 1 fully saturated rings. The number of carboxylic acid groups (broad SMARTS) is 1. The predicted molar refractivity (Wildman–Crippen MR) is 85.7 cm³/mol. The van der Waals surface area contributed by atoms with Gasteiger partial charge in [-0.3, -0.25) is 0 Å². The van der Waals surface area contributed by atoms with E-state index in [1.807, 2.05) is 13.0 Å². The number of carbonyl (C=O) groups is 2. The first-order valence-corrected chi connectivity index (χ1v) is 7.99. The topological polar surface area (TPSA) is 75.6 Å². The number of amides is 1. The summed E-state index contributed by atoms with van der Waals surface area (Å²) in [6, 6.07) is -0.966. The fourth-order valence-corrected chi connectivity index (χ4v) is 2.84. The van der Waals surface area contributed by atoms with E-state index < -0.39 is 29.1 Å². The van der Waals surface area contributed by atoms with Crippen LogP contribution >= 0.6 is 0 Å². The van der Waals surface area contributed by atoms with Crippen molar-refractivity contribution in [2.75, 3.05) is 0 Å². The number of allylic oxidation sites excluding steroid dienone is 1. The Labute approximate surface area is 133 Å². The van der Waals surface area contributed by atoms with Crippen molar-refractivity contribution in [3.05, 3.63) is 12.7 Å². The highest BCUT2D eigenvalue weighted by molar-refractivity contribution is 5.80. The van der Waals surface area contributed by atoms with Gasteiger partial charge >= 0.3 is 12.1 Å². The molecule has 0 aromatic rings. The minimum atomic E-state index is -1.05. The van der Waals surface area contributed by atoms with Crippen molar-refractivity contribution < 1.29 is 19.4 Å². The van der Waals surface area contributed by atoms with Crippen molar-refractivity contribution in [1.82, 2.24) is 5.32 Å². The Hall–Kier alpha value is -1.52. The average Bonchev–Trinajstić information content (AvgIpc) is 3.08. The molecule has 22 heavy (non-hydrogen) atoms. The minimum Gasteiger partial charge on any atom is -0.480 e. The number of rotatable bonds is 8. The van der Waals surface area contributed by atoms with Crippen LogP contribution < -0.4 is 5.32 Å². The molecule has 0 aromatic carbocycles. The first-order chi connectivity index (χ1) is 10.2. The van der Waals surface area contributed by atoms with Crippen molar-refractivity contribution >= 4 is 12.1 Å². The number of alkyl carbamates (subject to hydrolysis) is 1. The monoisotopic (exact) mass is 311 g/mol. The third-order valence-corrected chi connectivity index (χ3v) is 4.41. The smallest absolute Gasteiger partial charge is 0.408 e. The number of hydrogen-bond donors (Lipinski definition) is 2. The van der Waals surface area contributed by atoms with E-state index >= 15 is 0 Å². The van der Waals surface area contributed by atoms with E-state index in [4.69, 9.17) is 4.74 Å². The molecule has 0 heterocycles. The molecule has 1 amide bonds. The summed E-state index contributed by atoms with van der Waals surface area (Å²) in [5.41, 5.74) is -0.983. The standard InChI is InChI=1S/C17H29NO4/c1-6-8-9-10-12-11-17(12,7-2)22-15(21)18-13(14(19)20)16(3,4)5/h6,12-13H,1,7-11H2,2-5H3,(H,18,21)(H,19,20). The first-order valence-electron chi connectivity index (χ1n) is 7.99. The van der Waals surface area contributed by atoms with E-state index in [0.29, 0.717) is 5.92 Å². The Balaban J connectivity index is 2.56. The highest BCUT2D eigenvalue weighted by Gasteiger charge is 2.56. The Morgan fingerprint density at radius 2 is 2.14 bits per heavy atom. The van der Waals surface area contributed by atoms with Crippen LogP contribution in [0.4, 0.5) is 4.79 Å². The zero-order valence-electron chi connectivity index (χ0n) is 14.1. The second-order valence-corrected chi connectivity index (χ2v) is 7.21. The van der Waals surface area contributed by atoms with Gasteiger partial charge in [0.1, 0.15) is 11.6 Å². The second kappa shape index (κ2) is 7.16. The SMILES string of the molecule is C=CCCCC1CC1(CC)OC(=O)NC(C(=O)O)C(C)(C)C. The van der Waals surface area contributed by atoms with Gasteiger partial charge in [0.05, 0.1) is 0 Å². The second-order valence-electron chi connectivity index (χ2n) is 7.21. The quantitative estimate of drug-likeness (QED) is 0.529. The third-order valence-electron chi connectivity index (χ3n) is 4.41. The van der Waals surface area contributed by atoms with Crippen molar-refractivity contribution in [1.29, 1.82) is 0 Å². The maximum absolute atomic E-state index is 12.1. The van der Waals surface area contributed by atoms with Gasteiger partial charge < -0.3 is 15.2 Å². The molecule has 1 aliphatic carbocycles. The molecule has 3 atom stereocenters. The summed E-state index contributed by atoms with van der Waals surface area (Å²) >= 11 is 0. The van der Waals surface area contributed by atoms with Crippen LogP contribution in [0.3, 0.4) is 0 Å². The van der Waals surface area contributed by atoms with Gasteiger partial charge in [-0.25, -0.2) is 9.59 Å². The molecular weight excluding hydrogens is 282 g/mol. The van der Waals surface area contributed by atoms with Gasteiger partial charge in [0.25, 0.3) is 0 Å². The molecule has 5 heteroatoms. The van der Waals surface area contributed by atoms with Gasteiger partial charge in [0.2, 0.25) is 0 Å². The molecule has 1 aliphatic rings. The van der Waals surface area contributed by atoms with Crippen molar-refractivity contribution in [3.8, 4) is 0 Å². The van der Waals surface area contributed by atoms with Crippen molar-refractivity contribution in [2.24, 2.45) is 11.3 Å². The number of carbonyl (C=O) groups excluding carboxylic acids is 1. The Bertz CT molecular complexity index is 427. The fraction of sp³-hybridized carbons (Fsp3) is 0.765. The average molecular weight is 311 g/mol. The lowest BCUT2D eigenvalue weighted by molar-refractivity contribution is -0.142. The molecule has 0 radical (unpaired) electrons. The summed E-state index contributed by atoms with van der Waals surface area (Å²) in [7, 11) is 0. The zero-order valence-corrected chi connectivity index (χ0v) is 14.1. The largest absolute Gasteiger partial charge is 0.480 e. The summed E-state index contributed by atoms with van der Waals surface area (Å²) in [6.07, 6.45) is 5.90. The van der Waals surface area contributed by atoms with Crippen LogP contribution in [0.1, 0.15) is 59.8 Å². The highest BCUT2D eigenvalue weighted by atomic mass is 16.6. The van der Waals surface area contributed by atoms with Crippen LogP contribution in [0.2, 0.25) is 0 Å². The lowest BCUT2D eigenvalue weighted by Crippen LogP contribution is -2.50. The molecule has 0 spiro atoms. The Kier molecular flexibility index (Phi) is 6.03. The summed E-state index contributed by atoms with van der Waals surface area (Å²) in [5, 5.41) is 11.7. The molecule has 0 aliphatic heterocycles. The highest BCUT2D eigenvalue weighted by Crippen LogP contribution is 2.52. The molecular formula is C17H29NO4. The number of ether oxygens (including phenoxy) is 1. The van der Waals surface area contributed by atoms with Crippen LogP contribution in [0.25, 0.3) is 0 Å². The van der Waals surface area contributed by atoms with Gasteiger partial charge in [0.15, 0.2) is 0 Å². The summed E-state index contributed by atoms with van der Waals surface area (Å²) < 4.78 is 5.58. The molecule has 1 saturated carbocycles. The summed E-state index contributed by atoms with van der Waals surface area (Å²) in [6.45, 7) is 11.0. The van der Waals surface area contributed by atoms with Gasteiger partial charge in [0, 0.05) is 5.92 Å². The molecule has 2 N–H and O–H groups in total. The summed E-state index contributed by atoms with van der Waals surface area (Å²) in [4.78, 5) is 23.4. The maximum atomic E-state index is 12.1. The van der Waals surface area contributed by atoms with Gasteiger partial charge in [-0.1, -0.05) is 33.8 Å². The van der Waals surface area contributed by atoms with Gasteiger partial charge in [-0.05, 0) is 37.5 Å². The molecule has 126 valence electrons. The van der Waals surface area contributed by atoms with E-state index in [1.165, 1.54) is 0 Å². The van der Waals surface area contributed by atoms with E-state index in [-0.39, 0.29) is 0 Å². The predicted octanol–water partition coefficient (Wildman–Crippen LogP) is 3.74. The number of carboxylic acids is 1. The normalized spacial score (nSPS) is 25.2. The Morgan fingerprint density at radius 1 is 1.50 bits per heavy atom. The van der Waals surface area contributed by atoms with Crippen LogP contribution in [0, 0.1) is 11.3 Å². The van der Waals surface area contributed by atoms with Crippen molar-refractivity contribution in [2.45, 2.75) is 71.4 Å². The van der Waals surface area contributed by atoms with Gasteiger partial charge in [-0.15, -0.1) is 6.58 Å². The van der Waals surface area contributed by atoms with Gasteiger partial charge in [-0.2, -0.15) is 0 Å². The maximum Gasteiger partial charge on any atom is 0.408 e. The zero-order chi connectivity index (χ0) is 17.0. The van der Waals surface area contributed by atoms with E-state index in [0.717, 1.165) is 32.1 Å². The lowest BCUT2D eigenvalue weighted by Gasteiger charge is -2.28. The number of nitrogens with one attached hydrogen (secondary N) is 1. The Morgan fingerprint density at radius 3 is 2.59 bits per heavy atom. The van der Waals surface area contributed by atoms with Crippen LogP contribution in [-0.4, -0.2) is 28.8 Å². The number of aliphatic carboxylic acids is 1. The van der Waals surface area contributed by atoms with Crippen LogP contribution in [0.15, 0.2) is 12.7 Å². The van der Waals surface area contributed by atoms with E-state index in [1.54, 1.807) is 20.8 Å². The lowest BCUT2D eigenvalue weighted by atomic mass is 9.87. The molecule has 0 bridgehead atoms. The molecule has 0 saturated heterocycles. The fourth-order valence-electron chi connectivity index (χ4n) is 2.84. The molecule has 0 aromatic heterocycles. The third kappa shape index (κ3) is 4.75.